The average Bonchev–Trinajstić information content (AvgIpc) is 2.70. The molecule has 3 aromatic rings. The average molecular weight is 417 g/mol. The molecule has 0 bridgehead atoms. The fraction of sp³-hybridized carbons (Fsp3) is 0.150. The molecule has 0 saturated carbocycles. The molecule has 0 radical (unpaired) electrons. The minimum atomic E-state index is -1.07. The maximum atomic E-state index is 14.1. The molecule has 0 aliphatic rings. The number of amides is 1. The summed E-state index contributed by atoms with van der Waals surface area (Å²) in [6, 6.07) is 10.6. The first kappa shape index (κ1) is 20.5. The molecular weight excluding hydrogens is 400 g/mol. The smallest absolute Gasteiger partial charge is 0.294 e. The van der Waals surface area contributed by atoms with Crippen molar-refractivity contribution in [1.29, 1.82) is 0 Å². The normalized spacial score (nSPS) is 10.8. The molecule has 1 amide bonds. The van der Waals surface area contributed by atoms with E-state index in [1.165, 1.54) is 23.7 Å². The molecule has 0 aliphatic carbocycles. The number of aromatic hydroxyl groups is 1. The number of aromatic amines is 1. The van der Waals surface area contributed by atoms with Crippen LogP contribution in [0.2, 0.25) is 0 Å². The van der Waals surface area contributed by atoms with E-state index in [2.05, 4.69) is 9.97 Å². The maximum Gasteiger partial charge on any atom is 0.294 e. The second-order valence-corrected chi connectivity index (χ2v) is 7.03. The van der Waals surface area contributed by atoms with Crippen molar-refractivity contribution in [1.82, 2.24) is 14.9 Å². The third kappa shape index (κ3) is 4.14. The monoisotopic (exact) mass is 417 g/mol. The molecule has 3 rings (SSSR count). The van der Waals surface area contributed by atoms with Crippen molar-refractivity contribution in [2.45, 2.75) is 11.4 Å². The highest BCUT2D eigenvalue weighted by molar-refractivity contribution is 7.98. The van der Waals surface area contributed by atoms with Gasteiger partial charge in [-0.25, -0.2) is 13.8 Å². The van der Waals surface area contributed by atoms with Gasteiger partial charge in [0.05, 0.1) is 5.56 Å². The fourth-order valence-corrected chi connectivity index (χ4v) is 3.41. The number of nitrogens with zero attached hydrogens (tertiary/aromatic N) is 2. The van der Waals surface area contributed by atoms with Crippen LogP contribution in [-0.2, 0) is 6.54 Å². The second kappa shape index (κ2) is 8.44. The quantitative estimate of drug-likeness (QED) is 0.622. The van der Waals surface area contributed by atoms with Crippen molar-refractivity contribution in [3.05, 3.63) is 75.7 Å². The summed E-state index contributed by atoms with van der Waals surface area (Å²) in [5.41, 5.74) is -1.39. The molecule has 2 aromatic carbocycles. The van der Waals surface area contributed by atoms with E-state index in [1.54, 1.807) is 0 Å². The first-order valence-electron chi connectivity index (χ1n) is 8.48. The molecule has 0 aliphatic heterocycles. The Hall–Kier alpha value is -3.20. The molecule has 0 spiro atoms. The lowest BCUT2D eigenvalue weighted by atomic mass is 10.1. The van der Waals surface area contributed by atoms with E-state index in [4.69, 9.17) is 0 Å². The number of thioether (sulfide) groups is 1. The van der Waals surface area contributed by atoms with Crippen molar-refractivity contribution in [2.75, 3.05) is 13.3 Å². The third-order valence-electron chi connectivity index (χ3n) is 4.24. The van der Waals surface area contributed by atoms with Gasteiger partial charge in [-0.2, -0.15) is 0 Å². The number of nitrogens with one attached hydrogen (secondary N) is 1. The van der Waals surface area contributed by atoms with Gasteiger partial charge in [0.1, 0.15) is 17.5 Å². The molecule has 0 atom stereocenters. The topological polar surface area (TPSA) is 86.3 Å². The summed E-state index contributed by atoms with van der Waals surface area (Å²) in [5, 5.41) is 10.0. The number of benzene rings is 2. The highest BCUT2D eigenvalue weighted by Gasteiger charge is 2.24. The first-order chi connectivity index (χ1) is 13.8. The fourth-order valence-electron chi connectivity index (χ4n) is 2.80. The summed E-state index contributed by atoms with van der Waals surface area (Å²) in [6.45, 7) is 0.188. The zero-order chi connectivity index (χ0) is 21.1. The Morgan fingerprint density at radius 1 is 1.17 bits per heavy atom. The number of hydrogen-bond donors (Lipinski definition) is 2. The zero-order valence-corrected chi connectivity index (χ0v) is 16.4. The van der Waals surface area contributed by atoms with Crippen LogP contribution in [0.1, 0.15) is 16.1 Å². The van der Waals surface area contributed by atoms with Gasteiger partial charge in [0, 0.05) is 18.5 Å². The van der Waals surface area contributed by atoms with Crippen LogP contribution in [-0.4, -0.2) is 39.2 Å². The molecule has 2 N–H and O–H groups in total. The van der Waals surface area contributed by atoms with E-state index in [0.29, 0.717) is 0 Å². The molecule has 150 valence electrons. The van der Waals surface area contributed by atoms with Crippen LogP contribution in [0, 0.1) is 11.6 Å². The van der Waals surface area contributed by atoms with Gasteiger partial charge in [0.25, 0.3) is 11.5 Å². The minimum Gasteiger partial charge on any atom is -0.501 e. The molecule has 0 fully saturated rings. The van der Waals surface area contributed by atoms with Gasteiger partial charge in [0.15, 0.2) is 5.69 Å². The lowest BCUT2D eigenvalue weighted by Gasteiger charge is -2.19. The van der Waals surface area contributed by atoms with E-state index in [0.717, 1.165) is 28.7 Å². The van der Waals surface area contributed by atoms with Gasteiger partial charge in [-0.05, 0) is 30.0 Å². The molecule has 1 heterocycles. The number of hydrogen-bond acceptors (Lipinski definition) is 5. The Labute approximate surface area is 169 Å². The van der Waals surface area contributed by atoms with Crippen LogP contribution in [0.4, 0.5) is 8.78 Å². The minimum absolute atomic E-state index is 0.188. The van der Waals surface area contributed by atoms with Crippen molar-refractivity contribution < 1.29 is 18.7 Å². The van der Waals surface area contributed by atoms with Crippen molar-refractivity contribution in [2.24, 2.45) is 0 Å². The van der Waals surface area contributed by atoms with E-state index in [1.807, 2.05) is 30.5 Å². The zero-order valence-electron chi connectivity index (χ0n) is 15.6. The predicted molar refractivity (Wildman–Crippen MR) is 106 cm³/mol. The number of carbonyl (C=O) groups excluding carboxylic acids is 1. The van der Waals surface area contributed by atoms with Gasteiger partial charge < -0.3 is 15.0 Å². The largest absolute Gasteiger partial charge is 0.501 e. The summed E-state index contributed by atoms with van der Waals surface area (Å²) in [6.07, 6.45) is 1.90. The summed E-state index contributed by atoms with van der Waals surface area (Å²) < 4.78 is 28.1. The van der Waals surface area contributed by atoms with Crippen molar-refractivity contribution in [3.63, 3.8) is 0 Å². The van der Waals surface area contributed by atoms with Crippen LogP contribution in [0.5, 0.6) is 5.75 Å². The Bertz CT molecular complexity index is 1110. The molecule has 29 heavy (non-hydrogen) atoms. The molecule has 0 saturated heterocycles. The maximum absolute atomic E-state index is 14.1. The highest BCUT2D eigenvalue weighted by atomic mass is 32.2. The lowest BCUT2D eigenvalue weighted by molar-refractivity contribution is 0.0774. The Kier molecular flexibility index (Phi) is 5.97. The predicted octanol–water partition coefficient (Wildman–Crippen LogP) is 3.41. The second-order valence-electron chi connectivity index (χ2n) is 6.18. The molecule has 6 nitrogen and oxygen atoms in total. The molecule has 9 heteroatoms. The SMILES string of the molecule is CSc1ccccc1CN(C)C(=O)c1nc(-c2c(F)cccc2F)[nH]c(=O)c1O. The summed E-state index contributed by atoms with van der Waals surface area (Å²) in [4.78, 5) is 33.1. The summed E-state index contributed by atoms with van der Waals surface area (Å²) in [5.74, 6) is -4.08. The lowest BCUT2D eigenvalue weighted by Crippen LogP contribution is -2.29. The van der Waals surface area contributed by atoms with E-state index >= 15 is 0 Å². The van der Waals surface area contributed by atoms with Crippen molar-refractivity contribution >= 4 is 17.7 Å². The molecule has 1 aromatic heterocycles. The van der Waals surface area contributed by atoms with Crippen LogP contribution >= 0.6 is 11.8 Å². The molecular formula is C20H17F2N3O3S. The Morgan fingerprint density at radius 2 is 1.83 bits per heavy atom. The summed E-state index contributed by atoms with van der Waals surface area (Å²) >= 11 is 1.51. The van der Waals surface area contributed by atoms with Gasteiger partial charge in [-0.15, -0.1) is 11.8 Å². The summed E-state index contributed by atoms with van der Waals surface area (Å²) in [7, 11) is 1.48. The number of H-pyrrole nitrogens is 1. The standard InChI is InChI=1S/C20H17F2N3O3S/c1-25(10-11-6-3-4-9-14(11)29-2)20(28)16-17(26)19(27)24-18(23-16)15-12(21)7-5-8-13(15)22/h3-9,26H,10H2,1-2H3,(H,23,24,27). The molecule has 0 unspecified atom stereocenters. The van der Waals surface area contributed by atoms with Crippen molar-refractivity contribution in [3.8, 4) is 17.1 Å². The number of carbonyl (C=O) groups is 1. The van der Waals surface area contributed by atoms with E-state index in [-0.39, 0.29) is 6.54 Å². The van der Waals surface area contributed by atoms with Gasteiger partial charge >= 0.3 is 0 Å². The van der Waals surface area contributed by atoms with Crippen LogP contribution in [0.3, 0.4) is 0 Å². The third-order valence-corrected chi connectivity index (χ3v) is 5.08. The van der Waals surface area contributed by atoms with Crippen LogP contribution in [0.25, 0.3) is 11.4 Å². The van der Waals surface area contributed by atoms with Gasteiger partial charge in [-0.1, -0.05) is 24.3 Å². The Balaban J connectivity index is 2.01. The number of aromatic nitrogens is 2. The first-order valence-corrected chi connectivity index (χ1v) is 9.71. The highest BCUT2D eigenvalue weighted by Crippen LogP contribution is 2.25. The van der Waals surface area contributed by atoms with Crippen LogP contribution < -0.4 is 5.56 Å². The van der Waals surface area contributed by atoms with Gasteiger partial charge in [-0.3, -0.25) is 9.59 Å². The number of halogens is 2. The van der Waals surface area contributed by atoms with Gasteiger partial charge in [0.2, 0.25) is 5.75 Å². The van der Waals surface area contributed by atoms with E-state index < -0.39 is 45.9 Å². The van der Waals surface area contributed by atoms with E-state index in [9.17, 15) is 23.5 Å². The Morgan fingerprint density at radius 3 is 2.48 bits per heavy atom. The number of rotatable bonds is 5. The van der Waals surface area contributed by atoms with Crippen LogP contribution in [0.15, 0.2) is 52.2 Å².